The number of hydrogen-bond donors (Lipinski definition) is 3. The lowest BCUT2D eigenvalue weighted by molar-refractivity contribution is -0.128. The molecule has 1 atom stereocenters. The number of nitrogens with two attached hydrogens (primary N) is 1. The fraction of sp³-hybridized carbons (Fsp3) is 0.222. The van der Waals surface area contributed by atoms with Gasteiger partial charge in [-0.1, -0.05) is 12.1 Å². The summed E-state index contributed by atoms with van der Waals surface area (Å²) < 4.78 is 28.9. The van der Waals surface area contributed by atoms with Crippen LogP contribution >= 0.6 is 15.9 Å². The first-order valence-corrected chi connectivity index (χ1v) is 10.5. The van der Waals surface area contributed by atoms with Crippen LogP contribution in [0, 0.1) is 13.8 Å². The topological polar surface area (TPSA) is 128 Å². The fourth-order valence-corrected chi connectivity index (χ4v) is 3.81. The van der Waals surface area contributed by atoms with E-state index in [-0.39, 0.29) is 14.9 Å². The standard InChI is InChI=1S/C18H20BrN3O5S/c1-10-5-4-6-15(11(10)2)27-12(3)17(23)21-22-18(24)13-7-8-14(19)16(9-13)28(20,25)26/h4-9,12H,1-3H3,(H,21,23)(H,22,24)(H2,20,25,26). The SMILES string of the molecule is Cc1cccc(OC(C)C(=O)NNC(=O)c2ccc(Br)c(S(N)(=O)=O)c2)c1C. The lowest BCUT2D eigenvalue weighted by atomic mass is 10.1. The minimum absolute atomic E-state index is 0.00984. The number of benzene rings is 2. The van der Waals surface area contributed by atoms with Gasteiger partial charge in [-0.2, -0.15) is 0 Å². The molecule has 4 N–H and O–H groups in total. The predicted octanol–water partition coefficient (Wildman–Crippen LogP) is 1.94. The van der Waals surface area contributed by atoms with E-state index in [2.05, 4.69) is 26.8 Å². The first-order chi connectivity index (χ1) is 13.0. The molecule has 2 rings (SSSR count). The summed E-state index contributed by atoms with van der Waals surface area (Å²) in [6.45, 7) is 5.36. The normalized spacial score (nSPS) is 12.2. The smallest absolute Gasteiger partial charge is 0.279 e. The summed E-state index contributed by atoms with van der Waals surface area (Å²) in [7, 11) is -4.01. The number of halogens is 1. The van der Waals surface area contributed by atoms with Crippen LogP contribution in [0.4, 0.5) is 0 Å². The molecule has 0 radical (unpaired) electrons. The highest BCUT2D eigenvalue weighted by molar-refractivity contribution is 9.10. The Kier molecular flexibility index (Phi) is 6.81. The van der Waals surface area contributed by atoms with E-state index < -0.39 is 27.9 Å². The largest absolute Gasteiger partial charge is 0.481 e. The highest BCUT2D eigenvalue weighted by Crippen LogP contribution is 2.23. The van der Waals surface area contributed by atoms with Crippen LogP contribution in [0.25, 0.3) is 0 Å². The van der Waals surface area contributed by atoms with E-state index in [9.17, 15) is 18.0 Å². The summed E-state index contributed by atoms with van der Waals surface area (Å²) in [5.74, 6) is -0.706. The van der Waals surface area contributed by atoms with Gasteiger partial charge in [0, 0.05) is 10.0 Å². The van der Waals surface area contributed by atoms with Gasteiger partial charge in [0.2, 0.25) is 10.0 Å². The van der Waals surface area contributed by atoms with Crippen LogP contribution in [0.1, 0.15) is 28.4 Å². The number of carbonyl (C=O) groups excluding carboxylic acids is 2. The number of nitrogens with one attached hydrogen (secondary N) is 2. The molecule has 0 saturated carbocycles. The molecule has 2 aromatic rings. The molecule has 150 valence electrons. The van der Waals surface area contributed by atoms with Crippen LogP contribution < -0.4 is 20.7 Å². The molecule has 0 aliphatic carbocycles. The Hall–Kier alpha value is -2.43. The van der Waals surface area contributed by atoms with Crippen LogP contribution in [0.15, 0.2) is 45.8 Å². The lowest BCUT2D eigenvalue weighted by Crippen LogP contribution is -2.47. The van der Waals surface area contributed by atoms with Crippen molar-refractivity contribution < 1.29 is 22.7 Å². The van der Waals surface area contributed by atoms with Crippen LogP contribution in [-0.4, -0.2) is 26.3 Å². The summed E-state index contributed by atoms with van der Waals surface area (Å²) in [6.07, 6.45) is -0.870. The van der Waals surface area contributed by atoms with E-state index >= 15 is 0 Å². The van der Waals surface area contributed by atoms with Crippen molar-refractivity contribution in [1.29, 1.82) is 0 Å². The van der Waals surface area contributed by atoms with Crippen molar-refractivity contribution in [2.45, 2.75) is 31.8 Å². The third-order valence-corrected chi connectivity index (χ3v) is 5.93. The van der Waals surface area contributed by atoms with Crippen molar-refractivity contribution >= 4 is 37.8 Å². The predicted molar refractivity (Wildman–Crippen MR) is 107 cm³/mol. The summed E-state index contributed by atoms with van der Waals surface area (Å²) in [6, 6.07) is 9.37. The molecule has 0 bridgehead atoms. The third-order valence-electron chi connectivity index (χ3n) is 4.03. The van der Waals surface area contributed by atoms with Gasteiger partial charge in [0.25, 0.3) is 11.8 Å². The van der Waals surface area contributed by atoms with E-state index in [1.54, 1.807) is 13.0 Å². The van der Waals surface area contributed by atoms with Crippen LogP contribution in [0.3, 0.4) is 0 Å². The number of hydrogen-bond acceptors (Lipinski definition) is 5. The van der Waals surface area contributed by atoms with Crippen molar-refractivity contribution in [3.8, 4) is 5.75 Å². The van der Waals surface area contributed by atoms with Crippen LogP contribution in [0.2, 0.25) is 0 Å². The number of sulfonamides is 1. The molecule has 0 heterocycles. The Balaban J connectivity index is 2.02. The van der Waals surface area contributed by atoms with Crippen molar-refractivity contribution in [1.82, 2.24) is 10.9 Å². The van der Waals surface area contributed by atoms with E-state index in [1.165, 1.54) is 12.1 Å². The van der Waals surface area contributed by atoms with E-state index in [4.69, 9.17) is 9.88 Å². The van der Waals surface area contributed by atoms with E-state index in [1.807, 2.05) is 26.0 Å². The summed E-state index contributed by atoms with van der Waals surface area (Å²) in [5.41, 5.74) is 6.42. The maximum atomic E-state index is 12.2. The molecule has 0 spiro atoms. The number of primary sulfonamides is 1. The number of hydrazine groups is 1. The molecular formula is C18H20BrN3O5S. The first-order valence-electron chi connectivity index (χ1n) is 8.16. The quantitative estimate of drug-likeness (QED) is 0.576. The molecule has 2 amide bonds. The molecule has 2 aromatic carbocycles. The molecule has 0 aliphatic heterocycles. The number of amides is 2. The second-order valence-electron chi connectivity index (χ2n) is 6.09. The van der Waals surface area contributed by atoms with Gasteiger partial charge in [-0.05, 0) is 72.1 Å². The Morgan fingerprint density at radius 2 is 1.82 bits per heavy atom. The summed E-state index contributed by atoms with van der Waals surface area (Å²) >= 11 is 3.06. The van der Waals surface area contributed by atoms with Gasteiger partial charge < -0.3 is 4.74 Å². The molecular weight excluding hydrogens is 450 g/mol. The number of ether oxygens (including phenoxy) is 1. The van der Waals surface area contributed by atoms with Gasteiger partial charge in [0.15, 0.2) is 6.10 Å². The molecule has 0 aromatic heterocycles. The second kappa shape index (κ2) is 8.72. The van der Waals surface area contributed by atoms with Crippen molar-refractivity contribution in [2.75, 3.05) is 0 Å². The Morgan fingerprint density at radius 1 is 1.14 bits per heavy atom. The Morgan fingerprint density at radius 3 is 2.46 bits per heavy atom. The Labute approximate surface area is 171 Å². The van der Waals surface area contributed by atoms with Gasteiger partial charge >= 0.3 is 0 Å². The molecule has 0 aliphatic rings. The monoisotopic (exact) mass is 469 g/mol. The first kappa shape index (κ1) is 21.9. The fourth-order valence-electron chi connectivity index (χ4n) is 2.25. The summed E-state index contributed by atoms with van der Waals surface area (Å²) in [4.78, 5) is 24.1. The zero-order chi connectivity index (χ0) is 21.1. The zero-order valence-corrected chi connectivity index (χ0v) is 17.8. The zero-order valence-electron chi connectivity index (χ0n) is 15.4. The maximum absolute atomic E-state index is 12.2. The van der Waals surface area contributed by atoms with Crippen molar-refractivity contribution in [3.05, 3.63) is 57.6 Å². The minimum atomic E-state index is -4.01. The second-order valence-corrected chi connectivity index (χ2v) is 8.48. The van der Waals surface area contributed by atoms with E-state index in [0.717, 1.165) is 17.2 Å². The Bertz CT molecular complexity index is 1020. The van der Waals surface area contributed by atoms with E-state index in [0.29, 0.717) is 5.75 Å². The molecule has 1 unspecified atom stereocenters. The van der Waals surface area contributed by atoms with Crippen molar-refractivity contribution in [3.63, 3.8) is 0 Å². The molecule has 28 heavy (non-hydrogen) atoms. The molecule has 8 nitrogen and oxygen atoms in total. The molecule has 0 saturated heterocycles. The lowest BCUT2D eigenvalue weighted by Gasteiger charge is -2.17. The van der Waals surface area contributed by atoms with Gasteiger partial charge in [-0.15, -0.1) is 0 Å². The third kappa shape index (κ3) is 5.31. The highest BCUT2D eigenvalue weighted by atomic mass is 79.9. The van der Waals surface area contributed by atoms with Gasteiger partial charge in [-0.25, -0.2) is 13.6 Å². The number of aryl methyl sites for hydroxylation is 1. The minimum Gasteiger partial charge on any atom is -0.481 e. The van der Waals surface area contributed by atoms with Crippen LogP contribution in [0.5, 0.6) is 5.75 Å². The van der Waals surface area contributed by atoms with Crippen LogP contribution in [-0.2, 0) is 14.8 Å². The number of rotatable bonds is 5. The van der Waals surface area contributed by atoms with Gasteiger partial charge in [0.05, 0.1) is 4.90 Å². The average Bonchev–Trinajstić information content (AvgIpc) is 2.62. The van der Waals surface area contributed by atoms with Gasteiger partial charge in [0.1, 0.15) is 5.75 Å². The molecule has 10 heteroatoms. The van der Waals surface area contributed by atoms with Crippen molar-refractivity contribution in [2.24, 2.45) is 5.14 Å². The molecule has 0 fully saturated rings. The summed E-state index contributed by atoms with van der Waals surface area (Å²) in [5, 5.41) is 5.11. The maximum Gasteiger partial charge on any atom is 0.279 e. The average molecular weight is 470 g/mol. The highest BCUT2D eigenvalue weighted by Gasteiger charge is 2.19. The number of carbonyl (C=O) groups is 2. The van der Waals surface area contributed by atoms with Gasteiger partial charge in [-0.3, -0.25) is 20.4 Å².